The van der Waals surface area contributed by atoms with Gasteiger partial charge in [0, 0.05) is 31.8 Å². The highest BCUT2D eigenvalue weighted by Gasteiger charge is 2.40. The quantitative estimate of drug-likeness (QED) is 0.453. The zero-order valence-corrected chi connectivity index (χ0v) is 11.1. The van der Waals surface area contributed by atoms with E-state index in [-0.39, 0.29) is 0 Å². The number of nitrogens with zero attached hydrogens (tertiary/aromatic N) is 2. The minimum absolute atomic E-state index is 0.601. The zero-order chi connectivity index (χ0) is 13.8. The van der Waals surface area contributed by atoms with Crippen molar-refractivity contribution in [3.05, 3.63) is 30.0 Å². The molecule has 0 bridgehead atoms. The van der Waals surface area contributed by atoms with E-state index in [1.165, 1.54) is 19.9 Å². The van der Waals surface area contributed by atoms with E-state index >= 15 is 0 Å². The molecule has 0 aliphatic heterocycles. The first-order valence-electron chi connectivity index (χ1n) is 5.63. The molecule has 0 aliphatic rings. The highest BCUT2D eigenvalue weighted by Crippen LogP contribution is 2.24. The molecule has 1 heterocycles. The summed E-state index contributed by atoms with van der Waals surface area (Å²) in [6.07, 6.45) is 3.72. The van der Waals surface area contributed by atoms with Crippen molar-refractivity contribution in [2.24, 2.45) is 0 Å². The van der Waals surface area contributed by atoms with Gasteiger partial charge in [-0.25, -0.2) is 9.97 Å². The summed E-state index contributed by atoms with van der Waals surface area (Å²) in [7, 11) is 1.51. The van der Waals surface area contributed by atoms with Crippen LogP contribution in [0.25, 0.3) is 6.08 Å². The number of rotatable bonds is 5. The Kier molecular flexibility index (Phi) is 4.59. The van der Waals surface area contributed by atoms with Crippen LogP contribution in [0.2, 0.25) is 0 Å². The Morgan fingerprint density at radius 2 is 1.83 bits per heavy atom. The molecule has 6 heteroatoms. The number of hydrogen-bond acceptors (Lipinski definition) is 3. The summed E-state index contributed by atoms with van der Waals surface area (Å²) in [5.41, 5.74) is -0.633. The standard InChI is InChI=1S/C12H17BFN2O2/c1-11(2,17)12(3,4)18-13-6-5-9-7-15-10(14)16-8-9/h5-8,17H,1-4H3/p+1/b6-5+. The van der Waals surface area contributed by atoms with Gasteiger partial charge < -0.3 is 9.76 Å². The molecule has 18 heavy (non-hydrogen) atoms. The molecule has 1 radical (unpaired) electrons. The van der Waals surface area contributed by atoms with Crippen molar-refractivity contribution in [2.75, 3.05) is 0 Å². The number of hydrogen-bond donors (Lipinski definition) is 0. The second kappa shape index (κ2) is 5.58. The third-order valence-corrected chi connectivity index (χ3v) is 2.88. The summed E-state index contributed by atoms with van der Waals surface area (Å²) in [6, 6.07) is 0. The van der Waals surface area contributed by atoms with Crippen LogP contribution in [0.1, 0.15) is 33.3 Å². The summed E-state index contributed by atoms with van der Waals surface area (Å²) >= 11 is 0. The maximum Gasteiger partial charge on any atom is 0.323 e. The van der Waals surface area contributed by atoms with Crippen LogP contribution < -0.4 is 0 Å². The van der Waals surface area contributed by atoms with Gasteiger partial charge in [0.15, 0.2) is 5.60 Å². The average Bonchev–Trinajstić information content (AvgIpc) is 2.25. The molecule has 0 saturated heterocycles. The van der Waals surface area contributed by atoms with Gasteiger partial charge in [-0.1, -0.05) is 12.1 Å². The first kappa shape index (κ1) is 14.8. The van der Waals surface area contributed by atoms with Crippen LogP contribution in [0.15, 0.2) is 18.4 Å². The summed E-state index contributed by atoms with van der Waals surface area (Å²) in [5.74, 6) is 1.67. The molecule has 1 aromatic rings. The molecule has 0 unspecified atom stereocenters. The van der Waals surface area contributed by atoms with Crippen LogP contribution in [-0.4, -0.2) is 33.8 Å². The van der Waals surface area contributed by atoms with Gasteiger partial charge in [0.25, 0.3) is 0 Å². The second-order valence-electron chi connectivity index (χ2n) is 5.03. The monoisotopic (exact) mass is 252 g/mol. The lowest BCUT2D eigenvalue weighted by Gasteiger charge is -2.33. The molecular weight excluding hydrogens is 234 g/mol. The molecule has 0 atom stereocenters. The minimum atomic E-state index is -0.746. The first-order valence-corrected chi connectivity index (χ1v) is 5.63. The smallest absolute Gasteiger partial charge is 0.323 e. The van der Waals surface area contributed by atoms with Gasteiger partial charge in [0.2, 0.25) is 0 Å². The van der Waals surface area contributed by atoms with Gasteiger partial charge in [0.1, 0.15) is 5.60 Å². The summed E-state index contributed by atoms with van der Waals surface area (Å²) in [4.78, 5) is 6.86. The average molecular weight is 252 g/mol. The molecule has 2 N–H and O–H groups in total. The van der Waals surface area contributed by atoms with E-state index in [2.05, 4.69) is 9.97 Å². The fourth-order valence-corrected chi connectivity index (χ4v) is 0.915. The van der Waals surface area contributed by atoms with Crippen LogP contribution in [0.4, 0.5) is 4.39 Å². The fourth-order valence-electron chi connectivity index (χ4n) is 0.915. The molecule has 0 fully saturated rings. The molecule has 1 rings (SSSR count). The topological polar surface area (TPSA) is 57.9 Å². The molecule has 4 nitrogen and oxygen atoms in total. The van der Waals surface area contributed by atoms with E-state index in [1.54, 1.807) is 25.9 Å². The highest BCUT2D eigenvalue weighted by molar-refractivity contribution is 6.35. The largest absolute Gasteiger partial charge is 0.439 e. The van der Waals surface area contributed by atoms with E-state index in [1.807, 2.05) is 13.8 Å². The molecule has 0 amide bonds. The van der Waals surface area contributed by atoms with E-state index < -0.39 is 17.3 Å². The second-order valence-corrected chi connectivity index (χ2v) is 5.03. The van der Waals surface area contributed by atoms with E-state index in [0.29, 0.717) is 5.56 Å². The summed E-state index contributed by atoms with van der Waals surface area (Å²) in [5, 5.41) is 7.93. The number of aromatic nitrogens is 2. The maximum atomic E-state index is 12.5. The Morgan fingerprint density at radius 3 is 2.33 bits per heavy atom. The lowest BCUT2D eigenvalue weighted by Crippen LogP contribution is -2.47. The minimum Gasteiger partial charge on any atom is -0.439 e. The predicted octanol–water partition coefficient (Wildman–Crippen LogP) is 1.50. The Hall–Kier alpha value is -1.27. The zero-order valence-electron chi connectivity index (χ0n) is 11.1. The van der Waals surface area contributed by atoms with E-state index in [9.17, 15) is 4.39 Å². The van der Waals surface area contributed by atoms with Crippen molar-refractivity contribution < 1.29 is 14.2 Å². The van der Waals surface area contributed by atoms with Crippen LogP contribution in [0.5, 0.6) is 0 Å². The third kappa shape index (κ3) is 4.20. The van der Waals surface area contributed by atoms with Gasteiger partial charge in [-0.15, -0.1) is 0 Å². The van der Waals surface area contributed by atoms with Gasteiger partial charge >= 0.3 is 13.6 Å². The number of halogens is 1. The van der Waals surface area contributed by atoms with Gasteiger partial charge in [0.05, 0.1) is 0 Å². The van der Waals surface area contributed by atoms with Crippen LogP contribution in [-0.2, 0) is 4.65 Å². The Morgan fingerprint density at radius 1 is 1.28 bits per heavy atom. The van der Waals surface area contributed by atoms with Crippen LogP contribution >= 0.6 is 0 Å². The molecular formula is C12H18BFN2O2+. The first-order chi connectivity index (χ1) is 8.22. The highest BCUT2D eigenvalue weighted by atomic mass is 19.1. The molecule has 0 aromatic carbocycles. The van der Waals surface area contributed by atoms with Gasteiger partial charge in [-0.2, -0.15) is 4.39 Å². The Balaban J connectivity index is 2.49. The maximum absolute atomic E-state index is 12.5. The van der Waals surface area contributed by atoms with Crippen molar-refractivity contribution in [1.29, 1.82) is 0 Å². The Labute approximate surface area is 107 Å². The van der Waals surface area contributed by atoms with Crippen LogP contribution in [0, 0.1) is 6.08 Å². The predicted molar refractivity (Wildman–Crippen MR) is 69.6 cm³/mol. The van der Waals surface area contributed by atoms with Gasteiger partial charge in [-0.05, 0) is 13.8 Å². The normalized spacial score (nSPS) is 13.0. The molecule has 1 aromatic heterocycles. The molecule has 0 spiro atoms. The summed E-state index contributed by atoms with van der Waals surface area (Å²) < 4.78 is 18.0. The van der Waals surface area contributed by atoms with Crippen molar-refractivity contribution in [1.82, 2.24) is 9.97 Å². The Bertz CT molecular complexity index is 413. The van der Waals surface area contributed by atoms with Gasteiger partial charge in [-0.3, -0.25) is 0 Å². The lowest BCUT2D eigenvalue weighted by atomic mass is 9.86. The van der Waals surface area contributed by atoms with E-state index in [0.717, 1.165) is 0 Å². The summed E-state index contributed by atoms with van der Waals surface area (Å²) in [6.45, 7) is 7.29. The fraction of sp³-hybridized carbons (Fsp3) is 0.500. The lowest BCUT2D eigenvalue weighted by molar-refractivity contribution is -0.0894. The van der Waals surface area contributed by atoms with Crippen LogP contribution in [0.3, 0.4) is 0 Å². The SMILES string of the molecule is CC(C)([OH2+])C(C)(C)O[B]/C=C/c1cnc(F)nc1. The van der Waals surface area contributed by atoms with Crippen molar-refractivity contribution >= 4 is 13.6 Å². The van der Waals surface area contributed by atoms with Crippen molar-refractivity contribution in [2.45, 2.75) is 38.9 Å². The van der Waals surface area contributed by atoms with E-state index in [4.69, 9.17) is 9.76 Å². The third-order valence-electron chi connectivity index (χ3n) is 2.88. The molecule has 0 aliphatic carbocycles. The molecule has 97 valence electrons. The van der Waals surface area contributed by atoms with Crippen molar-refractivity contribution in [3.63, 3.8) is 0 Å². The van der Waals surface area contributed by atoms with Crippen molar-refractivity contribution in [3.8, 4) is 0 Å². The molecule has 0 saturated carbocycles.